The van der Waals surface area contributed by atoms with E-state index in [1.54, 1.807) is 0 Å². The third-order valence-electron chi connectivity index (χ3n) is 3.28. The molecule has 2 rings (SSSR count). The minimum atomic E-state index is -1.09. The summed E-state index contributed by atoms with van der Waals surface area (Å²) in [5.41, 5.74) is 1.06. The average molecular weight is 280 g/mol. The molecule has 4 atom stereocenters. The fourth-order valence-corrected chi connectivity index (χ4v) is 2.23. The van der Waals surface area contributed by atoms with Gasteiger partial charge in [-0.15, -0.1) is 0 Å². The molecule has 0 radical (unpaired) electrons. The summed E-state index contributed by atoms with van der Waals surface area (Å²) in [7, 11) is 0. The van der Waals surface area contributed by atoms with Crippen LogP contribution >= 0.6 is 0 Å². The van der Waals surface area contributed by atoms with E-state index in [1.165, 1.54) is 6.92 Å². The van der Waals surface area contributed by atoms with Gasteiger partial charge in [0.2, 0.25) is 0 Å². The van der Waals surface area contributed by atoms with E-state index in [2.05, 4.69) is 0 Å². The summed E-state index contributed by atoms with van der Waals surface area (Å²) in [4.78, 5) is 11.0. The van der Waals surface area contributed by atoms with E-state index in [1.807, 2.05) is 37.3 Å². The molecule has 0 unspecified atom stereocenters. The van der Waals surface area contributed by atoms with E-state index in [4.69, 9.17) is 14.2 Å². The van der Waals surface area contributed by atoms with Gasteiger partial charge in [0.1, 0.15) is 0 Å². The lowest BCUT2D eigenvalue weighted by Gasteiger charge is -2.37. The molecule has 0 saturated carbocycles. The fraction of sp³-hybridized carbons (Fsp3) is 0.533. The SMILES string of the molecule is CC(=O)O[C@@H]1C[C@@H](OCc2ccccc2)[C@@H](C)O[C@H]1O. The smallest absolute Gasteiger partial charge is 0.303 e. The molecule has 0 aliphatic carbocycles. The Morgan fingerprint density at radius 2 is 2.05 bits per heavy atom. The van der Waals surface area contributed by atoms with E-state index in [0.717, 1.165) is 5.56 Å². The van der Waals surface area contributed by atoms with Gasteiger partial charge in [-0.1, -0.05) is 30.3 Å². The molecule has 1 saturated heterocycles. The zero-order chi connectivity index (χ0) is 14.5. The highest BCUT2D eigenvalue weighted by Crippen LogP contribution is 2.24. The Kier molecular flexibility index (Phi) is 5.11. The second kappa shape index (κ2) is 6.83. The minimum Gasteiger partial charge on any atom is -0.457 e. The Labute approximate surface area is 118 Å². The van der Waals surface area contributed by atoms with E-state index in [0.29, 0.717) is 13.0 Å². The number of carbonyl (C=O) groups is 1. The molecule has 0 aromatic heterocycles. The van der Waals surface area contributed by atoms with E-state index in [9.17, 15) is 9.90 Å². The first-order valence-corrected chi connectivity index (χ1v) is 6.72. The van der Waals surface area contributed by atoms with Crippen molar-refractivity contribution in [3.8, 4) is 0 Å². The van der Waals surface area contributed by atoms with Gasteiger partial charge in [0.25, 0.3) is 0 Å². The second-order valence-electron chi connectivity index (χ2n) is 4.95. The largest absolute Gasteiger partial charge is 0.457 e. The third-order valence-corrected chi connectivity index (χ3v) is 3.28. The highest BCUT2D eigenvalue weighted by Gasteiger charge is 2.37. The molecule has 1 fully saturated rings. The molecule has 1 heterocycles. The molecule has 5 heteroatoms. The number of rotatable bonds is 4. The quantitative estimate of drug-likeness (QED) is 0.849. The molecule has 5 nitrogen and oxygen atoms in total. The predicted octanol–water partition coefficient (Wildman–Crippen LogP) is 1.63. The molecule has 20 heavy (non-hydrogen) atoms. The number of aliphatic hydroxyl groups is 1. The van der Waals surface area contributed by atoms with Crippen molar-refractivity contribution >= 4 is 5.97 Å². The molecule has 0 amide bonds. The van der Waals surface area contributed by atoms with Crippen molar-refractivity contribution in [3.05, 3.63) is 35.9 Å². The zero-order valence-electron chi connectivity index (χ0n) is 11.7. The number of aliphatic hydroxyl groups excluding tert-OH is 1. The van der Waals surface area contributed by atoms with E-state index < -0.39 is 18.4 Å². The van der Waals surface area contributed by atoms with E-state index >= 15 is 0 Å². The summed E-state index contributed by atoms with van der Waals surface area (Å²) < 4.78 is 16.2. The predicted molar refractivity (Wildman–Crippen MR) is 71.7 cm³/mol. The first-order valence-electron chi connectivity index (χ1n) is 6.72. The van der Waals surface area contributed by atoms with Crippen molar-refractivity contribution in [1.82, 2.24) is 0 Å². The van der Waals surface area contributed by atoms with Crippen LogP contribution in [0.4, 0.5) is 0 Å². The maximum Gasteiger partial charge on any atom is 0.303 e. The van der Waals surface area contributed by atoms with Crippen LogP contribution in [0.5, 0.6) is 0 Å². The molecule has 1 aliphatic heterocycles. The molecular formula is C15H20O5. The van der Waals surface area contributed by atoms with Gasteiger partial charge < -0.3 is 19.3 Å². The topological polar surface area (TPSA) is 65.0 Å². The summed E-state index contributed by atoms with van der Waals surface area (Å²) in [5.74, 6) is -0.436. The molecule has 1 aromatic carbocycles. The second-order valence-corrected chi connectivity index (χ2v) is 4.95. The van der Waals surface area contributed by atoms with Gasteiger partial charge in [-0.2, -0.15) is 0 Å². The van der Waals surface area contributed by atoms with Crippen LogP contribution in [0.2, 0.25) is 0 Å². The summed E-state index contributed by atoms with van der Waals surface area (Å²) >= 11 is 0. The Morgan fingerprint density at radius 3 is 2.70 bits per heavy atom. The fourth-order valence-electron chi connectivity index (χ4n) is 2.23. The van der Waals surface area contributed by atoms with Crippen LogP contribution in [0.1, 0.15) is 25.8 Å². The first kappa shape index (κ1) is 15.0. The van der Waals surface area contributed by atoms with E-state index in [-0.39, 0.29) is 12.2 Å². The summed E-state index contributed by atoms with van der Waals surface area (Å²) in [5, 5.41) is 9.74. The first-order chi connectivity index (χ1) is 9.56. The van der Waals surface area contributed by atoms with Gasteiger partial charge >= 0.3 is 5.97 Å². The lowest BCUT2D eigenvalue weighted by Crippen LogP contribution is -2.48. The van der Waals surface area contributed by atoms with Gasteiger partial charge in [-0.05, 0) is 12.5 Å². The molecule has 1 N–H and O–H groups in total. The third kappa shape index (κ3) is 4.03. The van der Waals surface area contributed by atoms with Crippen LogP contribution in [0, 0.1) is 0 Å². The highest BCUT2D eigenvalue weighted by molar-refractivity contribution is 5.66. The monoisotopic (exact) mass is 280 g/mol. The molecule has 1 aliphatic rings. The molecule has 110 valence electrons. The summed E-state index contributed by atoms with van der Waals surface area (Å²) in [6.07, 6.45) is -1.81. The molecule has 0 bridgehead atoms. The Balaban J connectivity index is 1.91. The van der Waals surface area contributed by atoms with Crippen molar-refractivity contribution in [1.29, 1.82) is 0 Å². The maximum atomic E-state index is 11.0. The van der Waals surface area contributed by atoms with Crippen LogP contribution in [-0.2, 0) is 25.6 Å². The lowest BCUT2D eigenvalue weighted by molar-refractivity contribution is -0.256. The maximum absolute atomic E-state index is 11.0. The Morgan fingerprint density at radius 1 is 1.35 bits per heavy atom. The van der Waals surface area contributed by atoms with Gasteiger partial charge in [-0.3, -0.25) is 4.79 Å². The number of benzene rings is 1. The van der Waals surface area contributed by atoms with Crippen molar-refractivity contribution in [2.24, 2.45) is 0 Å². The van der Waals surface area contributed by atoms with Crippen molar-refractivity contribution < 1.29 is 24.1 Å². The van der Waals surface area contributed by atoms with Crippen LogP contribution in [0.15, 0.2) is 30.3 Å². The van der Waals surface area contributed by atoms with Crippen molar-refractivity contribution in [2.75, 3.05) is 0 Å². The summed E-state index contributed by atoms with van der Waals surface area (Å²) in [6.45, 7) is 3.61. The minimum absolute atomic E-state index is 0.219. The van der Waals surface area contributed by atoms with Gasteiger partial charge in [0, 0.05) is 13.3 Å². The van der Waals surface area contributed by atoms with Gasteiger partial charge in [0.15, 0.2) is 12.4 Å². The number of esters is 1. The summed E-state index contributed by atoms with van der Waals surface area (Å²) in [6, 6.07) is 9.80. The number of hydrogen-bond donors (Lipinski definition) is 1. The number of hydrogen-bond acceptors (Lipinski definition) is 5. The molecular weight excluding hydrogens is 260 g/mol. The van der Waals surface area contributed by atoms with Gasteiger partial charge in [0.05, 0.1) is 18.8 Å². The standard InChI is InChI=1S/C15H20O5/c1-10-13(18-9-12-6-4-3-5-7-12)8-14(15(17)19-10)20-11(2)16/h3-7,10,13-15,17H,8-9H2,1-2H3/t10-,13-,14-,15-/m1/s1. The Hall–Kier alpha value is -1.43. The van der Waals surface area contributed by atoms with Crippen LogP contribution < -0.4 is 0 Å². The molecule has 0 spiro atoms. The highest BCUT2D eigenvalue weighted by atomic mass is 16.7. The van der Waals surface area contributed by atoms with Crippen molar-refractivity contribution in [3.63, 3.8) is 0 Å². The zero-order valence-corrected chi connectivity index (χ0v) is 11.7. The Bertz CT molecular complexity index is 433. The lowest BCUT2D eigenvalue weighted by atomic mass is 10.0. The number of ether oxygens (including phenoxy) is 3. The average Bonchev–Trinajstić information content (AvgIpc) is 2.41. The van der Waals surface area contributed by atoms with Crippen LogP contribution in [0.3, 0.4) is 0 Å². The normalized spacial score (nSPS) is 29.9. The van der Waals surface area contributed by atoms with Crippen LogP contribution in [0.25, 0.3) is 0 Å². The molecule has 1 aromatic rings. The van der Waals surface area contributed by atoms with Gasteiger partial charge in [-0.25, -0.2) is 0 Å². The van der Waals surface area contributed by atoms with Crippen LogP contribution in [-0.4, -0.2) is 35.7 Å². The van der Waals surface area contributed by atoms with Crippen molar-refractivity contribution in [2.45, 2.75) is 51.5 Å². The number of carbonyl (C=O) groups excluding carboxylic acids is 1.